The smallest absolute Gasteiger partial charge is 0.251 e. The molecule has 0 unspecified atom stereocenters. The second kappa shape index (κ2) is 10.6. The van der Waals surface area contributed by atoms with Gasteiger partial charge in [-0.3, -0.25) is 9.59 Å². The van der Waals surface area contributed by atoms with E-state index in [0.717, 1.165) is 5.56 Å². The van der Waals surface area contributed by atoms with Crippen molar-refractivity contribution in [2.45, 2.75) is 6.54 Å². The maximum atomic E-state index is 12.6. The lowest BCUT2D eigenvalue weighted by Crippen LogP contribution is -2.29. The van der Waals surface area contributed by atoms with Crippen molar-refractivity contribution in [1.29, 1.82) is 5.41 Å². The Balaban J connectivity index is 1.36. The van der Waals surface area contributed by atoms with Crippen molar-refractivity contribution in [2.75, 3.05) is 6.54 Å². The summed E-state index contributed by atoms with van der Waals surface area (Å²) in [6, 6.07) is 26.3. The highest BCUT2D eigenvalue weighted by Gasteiger charge is 2.10. The van der Waals surface area contributed by atoms with Crippen LogP contribution in [-0.2, 0) is 6.54 Å². The normalized spacial score (nSPS) is 10.5. The number of nitrogens with one attached hydrogen (secondary N) is 2. The number of pyridine rings is 1. The van der Waals surface area contributed by atoms with Crippen LogP contribution in [0.4, 0.5) is 0 Å². The molecule has 1 aromatic heterocycles. The van der Waals surface area contributed by atoms with E-state index in [2.05, 4.69) is 5.32 Å². The lowest BCUT2D eigenvalue weighted by atomic mass is 10.1. The van der Waals surface area contributed by atoms with Crippen molar-refractivity contribution >= 4 is 23.2 Å². The summed E-state index contributed by atoms with van der Waals surface area (Å²) < 4.78 is 7.53. The first-order valence-corrected chi connectivity index (χ1v) is 11.0. The quantitative estimate of drug-likeness (QED) is 0.349. The van der Waals surface area contributed by atoms with Gasteiger partial charge in [-0.2, -0.15) is 0 Å². The predicted molar refractivity (Wildman–Crippen MR) is 133 cm³/mol. The molecule has 1 heterocycles. The number of nitrogens with zero attached hydrogens (tertiary/aromatic N) is 1. The largest absolute Gasteiger partial charge is 0.457 e. The van der Waals surface area contributed by atoms with Crippen molar-refractivity contribution in [2.24, 2.45) is 0 Å². The molecule has 4 rings (SSSR count). The second-order valence-electron chi connectivity index (χ2n) is 7.61. The minimum Gasteiger partial charge on any atom is -0.457 e. The van der Waals surface area contributed by atoms with Gasteiger partial charge in [0.25, 0.3) is 11.5 Å². The molecule has 0 aliphatic heterocycles. The Kier molecular flexibility index (Phi) is 7.20. The molecule has 0 bridgehead atoms. The van der Waals surface area contributed by atoms with Gasteiger partial charge < -0.3 is 20.0 Å². The van der Waals surface area contributed by atoms with E-state index in [4.69, 9.17) is 21.7 Å². The monoisotopic (exact) mass is 471 g/mol. The van der Waals surface area contributed by atoms with Crippen LogP contribution in [0.5, 0.6) is 11.5 Å². The number of ether oxygens (including phenoxy) is 1. The highest BCUT2D eigenvalue weighted by atomic mass is 35.5. The van der Waals surface area contributed by atoms with E-state index in [9.17, 15) is 9.59 Å². The summed E-state index contributed by atoms with van der Waals surface area (Å²) in [6.45, 7) is 0.552. The SMILES string of the molecule is N=C(CNC(=O)c1cccc(Oc2ccc(Cn3ccccc3=O)cc2)c1)c1cccc(Cl)c1. The standard InChI is InChI=1S/C27H22ClN3O3/c28-22-7-3-5-20(15-22)25(29)17-30-27(33)21-6-4-8-24(16-21)34-23-12-10-19(11-13-23)18-31-14-2-1-9-26(31)32/h1-16,29H,17-18H2,(H,30,33). The summed E-state index contributed by atoms with van der Waals surface area (Å²) in [7, 11) is 0. The highest BCUT2D eigenvalue weighted by Crippen LogP contribution is 2.23. The van der Waals surface area contributed by atoms with Crippen LogP contribution in [0.2, 0.25) is 5.02 Å². The van der Waals surface area contributed by atoms with E-state index < -0.39 is 0 Å². The van der Waals surface area contributed by atoms with Gasteiger partial charge in [-0.05, 0) is 59.7 Å². The molecular weight excluding hydrogens is 450 g/mol. The Morgan fingerprint density at radius 1 is 0.882 bits per heavy atom. The molecule has 0 saturated carbocycles. The van der Waals surface area contributed by atoms with E-state index in [1.54, 1.807) is 65.4 Å². The van der Waals surface area contributed by atoms with E-state index in [-0.39, 0.29) is 23.7 Å². The number of benzene rings is 3. The van der Waals surface area contributed by atoms with Gasteiger partial charge in [0, 0.05) is 22.8 Å². The minimum absolute atomic E-state index is 0.0550. The number of carbonyl (C=O) groups excluding carboxylic acids is 1. The topological polar surface area (TPSA) is 84.2 Å². The van der Waals surface area contributed by atoms with Gasteiger partial charge in [-0.25, -0.2) is 0 Å². The van der Waals surface area contributed by atoms with Crippen LogP contribution in [0.3, 0.4) is 0 Å². The number of aromatic nitrogens is 1. The van der Waals surface area contributed by atoms with Gasteiger partial charge in [0.2, 0.25) is 0 Å². The first-order chi connectivity index (χ1) is 16.5. The van der Waals surface area contributed by atoms with Crippen molar-refractivity contribution in [3.8, 4) is 11.5 Å². The van der Waals surface area contributed by atoms with Crippen LogP contribution < -0.4 is 15.6 Å². The van der Waals surface area contributed by atoms with Gasteiger partial charge in [-0.15, -0.1) is 0 Å². The molecule has 170 valence electrons. The molecule has 0 fully saturated rings. The van der Waals surface area contributed by atoms with Crippen LogP contribution in [0.15, 0.2) is 102 Å². The summed E-state index contributed by atoms with van der Waals surface area (Å²) >= 11 is 5.97. The van der Waals surface area contributed by atoms with Gasteiger partial charge in [-0.1, -0.05) is 48.0 Å². The third kappa shape index (κ3) is 5.99. The molecule has 7 heteroatoms. The molecule has 34 heavy (non-hydrogen) atoms. The van der Waals surface area contributed by atoms with Crippen molar-refractivity contribution in [3.05, 3.63) is 129 Å². The molecule has 0 aliphatic carbocycles. The zero-order valence-electron chi connectivity index (χ0n) is 18.2. The van der Waals surface area contributed by atoms with Crippen molar-refractivity contribution < 1.29 is 9.53 Å². The van der Waals surface area contributed by atoms with Gasteiger partial charge >= 0.3 is 0 Å². The molecule has 6 nitrogen and oxygen atoms in total. The van der Waals surface area contributed by atoms with Gasteiger partial charge in [0.1, 0.15) is 11.5 Å². The Morgan fingerprint density at radius 3 is 2.41 bits per heavy atom. The molecule has 0 radical (unpaired) electrons. The Bertz CT molecular complexity index is 1380. The minimum atomic E-state index is -0.305. The van der Waals surface area contributed by atoms with E-state index >= 15 is 0 Å². The van der Waals surface area contributed by atoms with Crippen LogP contribution >= 0.6 is 11.6 Å². The zero-order valence-corrected chi connectivity index (χ0v) is 19.0. The third-order valence-electron chi connectivity index (χ3n) is 5.11. The fourth-order valence-electron chi connectivity index (χ4n) is 3.34. The summed E-state index contributed by atoms with van der Waals surface area (Å²) in [5.74, 6) is 0.829. The number of carbonyl (C=O) groups is 1. The average molecular weight is 472 g/mol. The average Bonchev–Trinajstić information content (AvgIpc) is 2.85. The third-order valence-corrected chi connectivity index (χ3v) is 5.34. The number of hydrogen-bond donors (Lipinski definition) is 2. The van der Waals surface area contributed by atoms with E-state index in [1.165, 1.54) is 6.07 Å². The molecule has 0 spiro atoms. The molecule has 3 aromatic carbocycles. The number of rotatable bonds is 8. The Morgan fingerprint density at radius 2 is 1.65 bits per heavy atom. The molecule has 4 aromatic rings. The van der Waals surface area contributed by atoms with E-state index in [0.29, 0.717) is 34.2 Å². The van der Waals surface area contributed by atoms with Crippen LogP contribution in [-0.4, -0.2) is 22.7 Å². The van der Waals surface area contributed by atoms with Gasteiger partial charge in [0.05, 0.1) is 18.8 Å². The van der Waals surface area contributed by atoms with Crippen molar-refractivity contribution in [1.82, 2.24) is 9.88 Å². The van der Waals surface area contributed by atoms with Gasteiger partial charge in [0.15, 0.2) is 0 Å². The lowest BCUT2D eigenvalue weighted by Gasteiger charge is -2.10. The lowest BCUT2D eigenvalue weighted by molar-refractivity contribution is 0.0959. The summed E-state index contributed by atoms with van der Waals surface area (Å²) in [6.07, 6.45) is 1.75. The van der Waals surface area contributed by atoms with Crippen molar-refractivity contribution in [3.63, 3.8) is 0 Å². The zero-order chi connectivity index (χ0) is 23.9. The molecule has 0 aliphatic rings. The Hall–Kier alpha value is -4.16. The molecule has 0 atom stereocenters. The molecule has 2 N–H and O–H groups in total. The maximum absolute atomic E-state index is 12.6. The summed E-state index contributed by atoms with van der Waals surface area (Å²) in [5.41, 5.74) is 2.26. The second-order valence-corrected chi connectivity index (χ2v) is 8.05. The number of amides is 1. The highest BCUT2D eigenvalue weighted by molar-refractivity contribution is 6.31. The van der Waals surface area contributed by atoms with E-state index in [1.807, 2.05) is 30.3 Å². The molecular formula is C27H22ClN3O3. The molecule has 1 amide bonds. The fraction of sp³-hybridized carbons (Fsp3) is 0.0741. The first kappa shape index (κ1) is 23.0. The first-order valence-electron chi connectivity index (χ1n) is 10.6. The maximum Gasteiger partial charge on any atom is 0.251 e. The van der Waals surface area contributed by atoms with Crippen LogP contribution in [0.25, 0.3) is 0 Å². The number of hydrogen-bond acceptors (Lipinski definition) is 4. The molecule has 0 saturated heterocycles. The summed E-state index contributed by atoms with van der Waals surface area (Å²) in [4.78, 5) is 24.5. The van der Waals surface area contributed by atoms with Crippen LogP contribution in [0, 0.1) is 5.41 Å². The predicted octanol–water partition coefficient (Wildman–Crippen LogP) is 5.14. The fourth-order valence-corrected chi connectivity index (χ4v) is 3.53. The number of halogens is 1. The Labute approximate surface area is 201 Å². The summed E-state index contributed by atoms with van der Waals surface area (Å²) in [5, 5.41) is 11.5. The van der Waals surface area contributed by atoms with Crippen LogP contribution in [0.1, 0.15) is 21.5 Å².